The van der Waals surface area contributed by atoms with Crippen molar-refractivity contribution in [2.45, 2.75) is 59.1 Å². The SMILES string of the molecule is Cn1c(=O)n(C(C)(C)C)c2cccc(CC(=O)OC(C)(C)C)c21. The van der Waals surface area contributed by atoms with E-state index in [0.717, 1.165) is 16.6 Å². The first-order valence-corrected chi connectivity index (χ1v) is 7.83. The number of carbonyl (C=O) groups is 1. The second-order valence-electron chi connectivity index (χ2n) is 7.90. The Morgan fingerprint density at radius 1 is 1.13 bits per heavy atom. The molecule has 0 amide bonds. The fraction of sp³-hybridized carbons (Fsp3) is 0.556. The molecule has 5 heteroatoms. The van der Waals surface area contributed by atoms with Crippen LogP contribution in [0.4, 0.5) is 0 Å². The first-order chi connectivity index (χ1) is 10.4. The summed E-state index contributed by atoms with van der Waals surface area (Å²) in [7, 11) is 1.74. The lowest BCUT2D eigenvalue weighted by Gasteiger charge is -2.21. The molecule has 1 aromatic heterocycles. The van der Waals surface area contributed by atoms with E-state index in [-0.39, 0.29) is 23.6 Å². The van der Waals surface area contributed by atoms with Crippen LogP contribution in [0.25, 0.3) is 11.0 Å². The molecule has 0 radical (unpaired) electrons. The second-order valence-corrected chi connectivity index (χ2v) is 7.90. The van der Waals surface area contributed by atoms with Gasteiger partial charge in [-0.25, -0.2) is 4.79 Å². The van der Waals surface area contributed by atoms with Crippen LogP contribution in [0.2, 0.25) is 0 Å². The number of fused-ring (bicyclic) bond motifs is 1. The smallest absolute Gasteiger partial charge is 0.329 e. The van der Waals surface area contributed by atoms with Gasteiger partial charge in [-0.15, -0.1) is 0 Å². The summed E-state index contributed by atoms with van der Waals surface area (Å²) < 4.78 is 8.78. The number of benzene rings is 1. The van der Waals surface area contributed by atoms with Crippen LogP contribution >= 0.6 is 0 Å². The molecule has 2 rings (SSSR count). The zero-order chi connectivity index (χ0) is 17.6. The summed E-state index contributed by atoms with van der Waals surface area (Å²) in [4.78, 5) is 24.8. The van der Waals surface area contributed by atoms with Crippen LogP contribution in [0.3, 0.4) is 0 Å². The monoisotopic (exact) mass is 318 g/mol. The first kappa shape index (κ1) is 17.3. The number of aromatic nitrogens is 2. The number of para-hydroxylation sites is 1. The molecule has 0 unspecified atom stereocenters. The second kappa shape index (κ2) is 5.55. The van der Waals surface area contributed by atoms with Crippen LogP contribution in [-0.2, 0) is 28.5 Å². The molecule has 0 fully saturated rings. The highest BCUT2D eigenvalue weighted by atomic mass is 16.6. The summed E-state index contributed by atoms with van der Waals surface area (Å²) >= 11 is 0. The van der Waals surface area contributed by atoms with Crippen LogP contribution in [0, 0.1) is 0 Å². The van der Waals surface area contributed by atoms with Gasteiger partial charge in [-0.05, 0) is 53.2 Å². The molecule has 0 bridgehead atoms. The zero-order valence-electron chi connectivity index (χ0n) is 15.1. The van der Waals surface area contributed by atoms with Crippen molar-refractivity contribution in [2.24, 2.45) is 7.05 Å². The Morgan fingerprint density at radius 3 is 2.26 bits per heavy atom. The first-order valence-electron chi connectivity index (χ1n) is 7.83. The van der Waals surface area contributed by atoms with Crippen LogP contribution in [0.1, 0.15) is 47.1 Å². The summed E-state index contributed by atoms with van der Waals surface area (Å²) in [5, 5.41) is 0. The standard InChI is InChI=1S/C18H26N2O3/c1-17(2,3)20-13-10-8-9-12(15(13)19(7)16(20)22)11-14(21)23-18(4,5)6/h8-10H,11H2,1-7H3. The van der Waals surface area contributed by atoms with Gasteiger partial charge in [0, 0.05) is 12.6 Å². The molecule has 0 atom stereocenters. The van der Waals surface area contributed by atoms with E-state index in [1.54, 1.807) is 16.2 Å². The third-order valence-corrected chi connectivity index (χ3v) is 3.58. The Balaban J connectivity index is 2.56. The molecule has 0 aliphatic rings. The average Bonchev–Trinajstić information content (AvgIpc) is 2.59. The van der Waals surface area contributed by atoms with Crippen molar-refractivity contribution in [3.05, 3.63) is 34.2 Å². The van der Waals surface area contributed by atoms with Gasteiger partial charge in [-0.2, -0.15) is 0 Å². The highest BCUT2D eigenvalue weighted by Crippen LogP contribution is 2.24. The molecule has 1 aromatic carbocycles. The highest BCUT2D eigenvalue weighted by Gasteiger charge is 2.24. The van der Waals surface area contributed by atoms with E-state index in [0.29, 0.717) is 0 Å². The van der Waals surface area contributed by atoms with Crippen LogP contribution in [0.5, 0.6) is 0 Å². The maximum absolute atomic E-state index is 12.6. The van der Waals surface area contributed by atoms with E-state index in [9.17, 15) is 9.59 Å². The normalized spacial score (nSPS) is 12.7. The predicted molar refractivity (Wildman–Crippen MR) is 91.7 cm³/mol. The van der Waals surface area contributed by atoms with Gasteiger partial charge in [0.2, 0.25) is 0 Å². The predicted octanol–water partition coefficient (Wildman–Crippen LogP) is 2.98. The van der Waals surface area contributed by atoms with E-state index in [1.165, 1.54) is 0 Å². The topological polar surface area (TPSA) is 53.2 Å². The molecule has 2 aromatic rings. The van der Waals surface area contributed by atoms with Gasteiger partial charge in [0.25, 0.3) is 0 Å². The molecular weight excluding hydrogens is 292 g/mol. The number of carbonyl (C=O) groups excluding carboxylic acids is 1. The maximum atomic E-state index is 12.6. The minimum Gasteiger partial charge on any atom is -0.460 e. The molecule has 0 N–H and O–H groups in total. The number of hydrogen-bond donors (Lipinski definition) is 0. The van der Waals surface area contributed by atoms with Crippen LogP contribution < -0.4 is 5.69 Å². The van der Waals surface area contributed by atoms with Gasteiger partial charge >= 0.3 is 11.7 Å². The Kier molecular flexibility index (Phi) is 4.18. The molecule has 5 nitrogen and oxygen atoms in total. The van der Waals surface area contributed by atoms with Gasteiger partial charge in [-0.1, -0.05) is 12.1 Å². The molecule has 0 aliphatic carbocycles. The van der Waals surface area contributed by atoms with Crippen molar-refractivity contribution in [3.63, 3.8) is 0 Å². The number of rotatable bonds is 2. The Bertz CT molecular complexity index is 798. The van der Waals surface area contributed by atoms with Gasteiger partial charge in [0.05, 0.1) is 17.5 Å². The van der Waals surface area contributed by atoms with E-state index in [1.807, 2.05) is 59.7 Å². The van der Waals surface area contributed by atoms with E-state index < -0.39 is 5.60 Å². The number of ether oxygens (including phenoxy) is 1. The lowest BCUT2D eigenvalue weighted by molar-refractivity contribution is -0.153. The largest absolute Gasteiger partial charge is 0.460 e. The lowest BCUT2D eigenvalue weighted by atomic mass is 10.1. The van der Waals surface area contributed by atoms with Crippen molar-refractivity contribution >= 4 is 17.0 Å². The minimum absolute atomic E-state index is 0.0795. The molecule has 0 aliphatic heterocycles. The Hall–Kier alpha value is -2.04. The molecule has 126 valence electrons. The van der Waals surface area contributed by atoms with E-state index >= 15 is 0 Å². The Labute approximate surface area is 136 Å². The third kappa shape index (κ3) is 3.49. The van der Waals surface area contributed by atoms with Crippen molar-refractivity contribution in [1.82, 2.24) is 9.13 Å². The lowest BCUT2D eigenvalue weighted by Crippen LogP contribution is -2.34. The molecular formula is C18H26N2O3. The Morgan fingerprint density at radius 2 is 1.74 bits per heavy atom. The van der Waals surface area contributed by atoms with Gasteiger partial charge in [0.1, 0.15) is 5.60 Å². The summed E-state index contributed by atoms with van der Waals surface area (Å²) in [5.74, 6) is -0.291. The molecule has 0 saturated heterocycles. The number of esters is 1. The van der Waals surface area contributed by atoms with E-state index in [2.05, 4.69) is 0 Å². The summed E-state index contributed by atoms with van der Waals surface area (Å²) in [6, 6.07) is 5.67. The summed E-state index contributed by atoms with van der Waals surface area (Å²) in [5.41, 5.74) is 1.50. The third-order valence-electron chi connectivity index (χ3n) is 3.58. The summed E-state index contributed by atoms with van der Waals surface area (Å²) in [6.45, 7) is 11.5. The van der Waals surface area contributed by atoms with Crippen molar-refractivity contribution < 1.29 is 9.53 Å². The maximum Gasteiger partial charge on any atom is 0.329 e. The van der Waals surface area contributed by atoms with Crippen molar-refractivity contribution in [2.75, 3.05) is 0 Å². The quantitative estimate of drug-likeness (QED) is 0.800. The number of nitrogens with zero attached hydrogens (tertiary/aromatic N) is 2. The number of hydrogen-bond acceptors (Lipinski definition) is 3. The van der Waals surface area contributed by atoms with Gasteiger partial charge in [0.15, 0.2) is 0 Å². The van der Waals surface area contributed by atoms with Crippen molar-refractivity contribution in [3.8, 4) is 0 Å². The fourth-order valence-corrected chi connectivity index (χ4v) is 2.82. The molecule has 0 spiro atoms. The van der Waals surface area contributed by atoms with Crippen molar-refractivity contribution in [1.29, 1.82) is 0 Å². The number of aryl methyl sites for hydroxylation is 1. The minimum atomic E-state index is -0.520. The molecule has 1 heterocycles. The molecule has 23 heavy (non-hydrogen) atoms. The average molecular weight is 318 g/mol. The fourth-order valence-electron chi connectivity index (χ4n) is 2.82. The van der Waals surface area contributed by atoms with Gasteiger partial charge in [-0.3, -0.25) is 13.9 Å². The molecule has 0 saturated carbocycles. The van der Waals surface area contributed by atoms with Gasteiger partial charge < -0.3 is 4.74 Å². The summed E-state index contributed by atoms with van der Waals surface area (Å²) in [6.07, 6.45) is 0.149. The zero-order valence-corrected chi connectivity index (χ0v) is 15.1. The van der Waals surface area contributed by atoms with Crippen LogP contribution in [0.15, 0.2) is 23.0 Å². The highest BCUT2D eigenvalue weighted by molar-refractivity contribution is 5.85. The van der Waals surface area contributed by atoms with E-state index in [4.69, 9.17) is 4.74 Å². The number of imidazole rings is 1. The van der Waals surface area contributed by atoms with Crippen LogP contribution in [-0.4, -0.2) is 20.7 Å².